The zero-order valence-corrected chi connectivity index (χ0v) is 20.6. The van der Waals surface area contributed by atoms with Crippen molar-refractivity contribution in [1.82, 2.24) is 4.90 Å². The number of benzene rings is 2. The summed E-state index contributed by atoms with van der Waals surface area (Å²) in [6.45, 7) is 9.29. The molecule has 2 aliphatic rings. The first kappa shape index (κ1) is 24.8. The minimum atomic E-state index is -0.945. The Hall–Kier alpha value is -2.28. The highest BCUT2D eigenvalue weighted by Gasteiger charge is 2.45. The van der Waals surface area contributed by atoms with E-state index in [4.69, 9.17) is 9.47 Å². The fourth-order valence-electron chi connectivity index (χ4n) is 5.48. The van der Waals surface area contributed by atoms with E-state index in [-0.39, 0.29) is 29.5 Å². The van der Waals surface area contributed by atoms with Gasteiger partial charge in [0, 0.05) is 38.1 Å². The van der Waals surface area contributed by atoms with Crippen LogP contribution in [-0.2, 0) is 15.1 Å². The fraction of sp³-hybridized carbons (Fsp3) is 0.536. The van der Waals surface area contributed by atoms with Gasteiger partial charge in [-0.25, -0.2) is 4.39 Å². The molecular formula is C28H36FNO4. The molecule has 2 fully saturated rings. The number of aryl methyl sites for hydroxylation is 1. The van der Waals surface area contributed by atoms with Crippen LogP contribution in [0.25, 0.3) is 0 Å². The van der Waals surface area contributed by atoms with Gasteiger partial charge in [0.05, 0.1) is 23.4 Å². The van der Waals surface area contributed by atoms with E-state index in [0.717, 1.165) is 42.4 Å². The predicted molar refractivity (Wildman–Crippen MR) is 129 cm³/mol. The van der Waals surface area contributed by atoms with Crippen LogP contribution in [0.5, 0.6) is 0 Å². The van der Waals surface area contributed by atoms with Gasteiger partial charge in [0.2, 0.25) is 0 Å². The molecule has 0 radical (unpaired) electrons. The first-order valence-electron chi connectivity index (χ1n) is 12.3. The second-order valence-corrected chi connectivity index (χ2v) is 10.2. The molecule has 0 aromatic heterocycles. The number of aliphatic hydroxyl groups is 1. The van der Waals surface area contributed by atoms with Gasteiger partial charge in [-0.05, 0) is 81.5 Å². The molecule has 2 unspecified atom stereocenters. The summed E-state index contributed by atoms with van der Waals surface area (Å²) in [7, 11) is 0. The molecule has 184 valence electrons. The molecule has 6 heteroatoms. The van der Waals surface area contributed by atoms with E-state index in [2.05, 4.69) is 0 Å². The molecule has 2 heterocycles. The number of halogens is 1. The molecule has 2 aromatic rings. The van der Waals surface area contributed by atoms with E-state index >= 15 is 0 Å². The number of rotatable bonds is 5. The third-order valence-electron chi connectivity index (χ3n) is 7.21. The van der Waals surface area contributed by atoms with Gasteiger partial charge in [-0.2, -0.15) is 0 Å². The Balaban J connectivity index is 1.47. The van der Waals surface area contributed by atoms with Gasteiger partial charge in [0.15, 0.2) is 0 Å². The number of carbonyl (C=O) groups is 1. The van der Waals surface area contributed by atoms with Gasteiger partial charge in [-0.1, -0.05) is 18.2 Å². The number of piperidine rings is 1. The standard InChI is InChI=1S/C28H36FNO4/c1-5-33-23-17-25(20-6-9-22(29)10-7-20)34-28(18-23)12-14-30(15-13-28)26(31)21-8-11-24(19(2)16-21)27(3,4)32/h6-11,16,23,25,32H,5,12-15,17-18H2,1-4H3. The van der Waals surface area contributed by atoms with Crippen molar-refractivity contribution in [2.75, 3.05) is 19.7 Å². The Morgan fingerprint density at radius 3 is 2.47 bits per heavy atom. The summed E-state index contributed by atoms with van der Waals surface area (Å²) < 4.78 is 26.1. The Bertz CT molecular complexity index is 1010. The van der Waals surface area contributed by atoms with Crippen LogP contribution in [-0.4, -0.2) is 47.3 Å². The van der Waals surface area contributed by atoms with Crippen LogP contribution in [0.15, 0.2) is 42.5 Å². The average molecular weight is 470 g/mol. The van der Waals surface area contributed by atoms with Gasteiger partial charge in [-0.15, -0.1) is 0 Å². The molecular weight excluding hydrogens is 433 g/mol. The summed E-state index contributed by atoms with van der Waals surface area (Å²) in [5.41, 5.74) is 2.04. The molecule has 4 rings (SSSR count). The lowest BCUT2D eigenvalue weighted by molar-refractivity contribution is -0.190. The lowest BCUT2D eigenvalue weighted by Gasteiger charge is -2.48. The number of amides is 1. The maximum absolute atomic E-state index is 13.4. The third-order valence-corrected chi connectivity index (χ3v) is 7.21. The van der Waals surface area contributed by atoms with Crippen LogP contribution < -0.4 is 0 Å². The minimum Gasteiger partial charge on any atom is -0.386 e. The van der Waals surface area contributed by atoms with Crippen LogP contribution in [0.1, 0.15) is 79.6 Å². The van der Waals surface area contributed by atoms with Crippen molar-refractivity contribution in [1.29, 1.82) is 0 Å². The molecule has 2 atom stereocenters. The monoisotopic (exact) mass is 469 g/mol. The lowest BCUT2D eigenvalue weighted by Crippen LogP contribution is -2.52. The maximum atomic E-state index is 13.4. The maximum Gasteiger partial charge on any atom is 0.253 e. The van der Waals surface area contributed by atoms with Crippen molar-refractivity contribution in [3.8, 4) is 0 Å². The summed E-state index contributed by atoms with van der Waals surface area (Å²) in [6, 6.07) is 12.1. The topological polar surface area (TPSA) is 59.0 Å². The normalized spacial score (nSPS) is 22.7. The second kappa shape index (κ2) is 9.76. The van der Waals surface area contributed by atoms with Gasteiger partial charge >= 0.3 is 0 Å². The summed E-state index contributed by atoms with van der Waals surface area (Å²) in [5.74, 6) is -0.249. The Kier molecular flexibility index (Phi) is 7.13. The van der Waals surface area contributed by atoms with Gasteiger partial charge in [0.25, 0.3) is 5.91 Å². The first-order valence-corrected chi connectivity index (χ1v) is 12.3. The number of likely N-dealkylation sites (tertiary alicyclic amines) is 1. The highest BCUT2D eigenvalue weighted by atomic mass is 19.1. The van der Waals surface area contributed by atoms with Crippen molar-refractivity contribution in [3.63, 3.8) is 0 Å². The van der Waals surface area contributed by atoms with Crippen LogP contribution in [0, 0.1) is 12.7 Å². The highest BCUT2D eigenvalue weighted by Crippen LogP contribution is 2.44. The van der Waals surface area contributed by atoms with Crippen LogP contribution >= 0.6 is 0 Å². The molecule has 0 bridgehead atoms. The summed E-state index contributed by atoms with van der Waals surface area (Å²) in [5, 5.41) is 10.3. The van der Waals surface area contributed by atoms with E-state index in [1.807, 2.05) is 30.9 Å². The number of ether oxygens (including phenoxy) is 2. The van der Waals surface area contributed by atoms with E-state index in [0.29, 0.717) is 25.3 Å². The second-order valence-electron chi connectivity index (χ2n) is 10.2. The molecule has 0 saturated carbocycles. The average Bonchev–Trinajstić information content (AvgIpc) is 2.78. The number of nitrogens with zero attached hydrogens (tertiary/aromatic N) is 1. The van der Waals surface area contributed by atoms with Gasteiger partial charge < -0.3 is 19.5 Å². The van der Waals surface area contributed by atoms with Crippen molar-refractivity contribution < 1.29 is 23.8 Å². The smallest absolute Gasteiger partial charge is 0.253 e. The molecule has 1 amide bonds. The van der Waals surface area contributed by atoms with E-state index < -0.39 is 5.60 Å². The van der Waals surface area contributed by atoms with Crippen molar-refractivity contribution in [3.05, 3.63) is 70.5 Å². The highest BCUT2D eigenvalue weighted by molar-refractivity contribution is 5.94. The minimum absolute atomic E-state index is 0.00694. The first-order chi connectivity index (χ1) is 16.1. The molecule has 5 nitrogen and oxygen atoms in total. The Labute approximate surface area is 201 Å². The van der Waals surface area contributed by atoms with E-state index in [9.17, 15) is 14.3 Å². The largest absolute Gasteiger partial charge is 0.386 e. The molecule has 1 spiro atoms. The molecule has 2 saturated heterocycles. The zero-order chi connectivity index (χ0) is 24.5. The lowest BCUT2D eigenvalue weighted by atomic mass is 9.80. The summed E-state index contributed by atoms with van der Waals surface area (Å²) in [4.78, 5) is 15.1. The number of hydrogen-bond acceptors (Lipinski definition) is 4. The predicted octanol–water partition coefficient (Wildman–Crippen LogP) is 5.29. The summed E-state index contributed by atoms with van der Waals surface area (Å²) >= 11 is 0. The third kappa shape index (κ3) is 5.35. The molecule has 1 N–H and O–H groups in total. The van der Waals surface area contributed by atoms with Crippen LogP contribution in [0.4, 0.5) is 4.39 Å². The Morgan fingerprint density at radius 1 is 1.21 bits per heavy atom. The van der Waals surface area contributed by atoms with Gasteiger partial charge in [0.1, 0.15) is 5.82 Å². The molecule has 2 aromatic carbocycles. The quantitative estimate of drug-likeness (QED) is 0.646. The van der Waals surface area contributed by atoms with Crippen molar-refractivity contribution in [2.45, 2.75) is 76.8 Å². The zero-order valence-electron chi connectivity index (χ0n) is 20.6. The van der Waals surface area contributed by atoms with Crippen molar-refractivity contribution >= 4 is 5.91 Å². The molecule has 34 heavy (non-hydrogen) atoms. The van der Waals surface area contributed by atoms with Crippen molar-refractivity contribution in [2.24, 2.45) is 0 Å². The number of hydrogen-bond donors (Lipinski definition) is 1. The fourth-order valence-corrected chi connectivity index (χ4v) is 5.48. The SMILES string of the molecule is CCOC1CC(c2ccc(F)cc2)OC2(CCN(C(=O)c3ccc(C(C)(C)O)c(C)c3)CC2)C1. The van der Waals surface area contributed by atoms with Crippen LogP contribution in [0.2, 0.25) is 0 Å². The number of carbonyl (C=O) groups excluding carboxylic acids is 1. The van der Waals surface area contributed by atoms with E-state index in [1.165, 1.54) is 12.1 Å². The van der Waals surface area contributed by atoms with E-state index in [1.54, 1.807) is 32.0 Å². The van der Waals surface area contributed by atoms with Crippen LogP contribution in [0.3, 0.4) is 0 Å². The Morgan fingerprint density at radius 2 is 1.88 bits per heavy atom. The summed E-state index contributed by atoms with van der Waals surface area (Å²) in [6.07, 6.45) is 2.95. The van der Waals surface area contributed by atoms with Gasteiger partial charge in [-0.3, -0.25) is 4.79 Å². The molecule has 2 aliphatic heterocycles. The molecule has 0 aliphatic carbocycles.